The topological polar surface area (TPSA) is 46.6 Å². The summed E-state index contributed by atoms with van der Waals surface area (Å²) in [6, 6.07) is 18.4. The number of fused-ring (bicyclic) bond motifs is 4. The van der Waals surface area contributed by atoms with E-state index in [-0.39, 0.29) is 0 Å². The Labute approximate surface area is 176 Å². The van der Waals surface area contributed by atoms with Crippen LogP contribution in [-0.4, -0.2) is 30.2 Å². The van der Waals surface area contributed by atoms with Gasteiger partial charge in [0, 0.05) is 36.1 Å². The normalized spacial score (nSPS) is 24.0. The highest BCUT2D eigenvalue weighted by atomic mass is 16.5. The maximum Gasteiger partial charge on any atom is 0.192 e. The quantitative estimate of drug-likeness (QED) is 0.649. The van der Waals surface area contributed by atoms with Crippen LogP contribution >= 0.6 is 0 Å². The second-order valence-electron chi connectivity index (χ2n) is 8.47. The fourth-order valence-electron chi connectivity index (χ4n) is 5.34. The lowest BCUT2D eigenvalue weighted by atomic mass is 9.95. The molecule has 2 aromatic carbocycles. The summed E-state index contributed by atoms with van der Waals surface area (Å²) in [5.41, 5.74) is 4.42. The number of methoxy groups -OCH3 is 1. The molecule has 3 atom stereocenters. The van der Waals surface area contributed by atoms with Gasteiger partial charge in [0.2, 0.25) is 0 Å². The Morgan fingerprint density at radius 1 is 1.00 bits per heavy atom. The van der Waals surface area contributed by atoms with Crippen molar-refractivity contribution in [3.63, 3.8) is 0 Å². The van der Waals surface area contributed by atoms with Crippen LogP contribution in [0.3, 0.4) is 0 Å². The van der Waals surface area contributed by atoms with Gasteiger partial charge >= 0.3 is 0 Å². The first-order valence-corrected chi connectivity index (χ1v) is 10.7. The third kappa shape index (κ3) is 2.84. The monoisotopic (exact) mass is 399 g/mol. The number of benzene rings is 2. The molecule has 4 heterocycles. The molecule has 3 aliphatic heterocycles. The van der Waals surface area contributed by atoms with E-state index in [1.807, 2.05) is 18.3 Å². The van der Waals surface area contributed by atoms with Crippen LogP contribution in [0.15, 0.2) is 60.9 Å². The Balaban J connectivity index is 1.48. The molecule has 3 aliphatic rings. The Bertz CT molecular complexity index is 1070. The summed E-state index contributed by atoms with van der Waals surface area (Å²) in [6.07, 6.45) is 8.55. The molecule has 6 rings (SSSR count). The van der Waals surface area contributed by atoms with Crippen LogP contribution in [0.25, 0.3) is 11.1 Å². The third-order valence-electron chi connectivity index (χ3n) is 6.68. The van der Waals surface area contributed by atoms with Gasteiger partial charge in [-0.15, -0.1) is 0 Å². The van der Waals surface area contributed by atoms with E-state index in [9.17, 15) is 0 Å². The van der Waals surface area contributed by atoms with Crippen LogP contribution in [-0.2, 0) is 0 Å². The molecule has 0 aliphatic carbocycles. The number of rotatable bonds is 3. The number of aromatic nitrogens is 1. The van der Waals surface area contributed by atoms with Crippen molar-refractivity contribution in [2.45, 2.75) is 43.8 Å². The lowest BCUT2D eigenvalue weighted by molar-refractivity contribution is 0.347. The smallest absolute Gasteiger partial charge is 0.192 e. The van der Waals surface area contributed by atoms with E-state index in [0.717, 1.165) is 52.6 Å². The largest absolute Gasteiger partial charge is 0.493 e. The van der Waals surface area contributed by atoms with Crippen molar-refractivity contribution in [1.82, 2.24) is 10.3 Å². The fourth-order valence-corrected chi connectivity index (χ4v) is 5.34. The second-order valence-corrected chi connectivity index (χ2v) is 8.47. The zero-order chi connectivity index (χ0) is 20.1. The van der Waals surface area contributed by atoms with E-state index >= 15 is 0 Å². The summed E-state index contributed by atoms with van der Waals surface area (Å²) < 4.78 is 12.1. The Morgan fingerprint density at radius 2 is 1.87 bits per heavy atom. The van der Waals surface area contributed by atoms with Gasteiger partial charge in [-0.25, -0.2) is 0 Å². The Kier molecular flexibility index (Phi) is 4.16. The highest BCUT2D eigenvalue weighted by molar-refractivity contribution is 5.83. The number of nitrogens with zero attached hydrogens (tertiary/aromatic N) is 2. The fraction of sp³-hybridized carbons (Fsp3) is 0.320. The molecule has 0 amide bonds. The molecule has 2 saturated heterocycles. The Morgan fingerprint density at radius 3 is 2.63 bits per heavy atom. The highest BCUT2D eigenvalue weighted by Gasteiger charge is 2.40. The summed E-state index contributed by atoms with van der Waals surface area (Å²) in [6.45, 7) is 0. The summed E-state index contributed by atoms with van der Waals surface area (Å²) in [7, 11) is 1.70. The maximum absolute atomic E-state index is 6.45. The average molecular weight is 399 g/mol. The average Bonchev–Trinajstić information content (AvgIpc) is 3.14. The number of hydrogen-bond donors (Lipinski definition) is 1. The van der Waals surface area contributed by atoms with Crippen molar-refractivity contribution in [3.8, 4) is 28.4 Å². The minimum absolute atomic E-state index is 0.446. The molecular formula is C25H25N3O2. The van der Waals surface area contributed by atoms with Crippen molar-refractivity contribution in [1.29, 1.82) is 0 Å². The van der Waals surface area contributed by atoms with Crippen LogP contribution in [0, 0.1) is 0 Å². The maximum atomic E-state index is 6.45. The molecule has 30 heavy (non-hydrogen) atoms. The van der Waals surface area contributed by atoms with Gasteiger partial charge < -0.3 is 19.7 Å². The number of hydrogen-bond acceptors (Lipinski definition) is 5. The molecule has 152 valence electrons. The van der Waals surface area contributed by atoms with Crippen LogP contribution in [0.4, 0.5) is 11.4 Å². The van der Waals surface area contributed by atoms with Crippen LogP contribution in [0.2, 0.25) is 0 Å². The number of anilines is 2. The molecule has 5 heteroatoms. The van der Waals surface area contributed by atoms with E-state index in [0.29, 0.717) is 18.1 Å². The second kappa shape index (κ2) is 7.03. The van der Waals surface area contributed by atoms with Gasteiger partial charge in [-0.3, -0.25) is 4.98 Å². The summed E-state index contributed by atoms with van der Waals surface area (Å²) in [5, 5.41) is 3.77. The third-order valence-corrected chi connectivity index (χ3v) is 6.68. The standard InChI is InChI=1S/C25H25N3O2/c1-29-23-6-2-5-22-25(23)30-24-12-16(17-4-3-11-26-15-17)7-10-21(24)28(22)20-13-18-8-9-19(14-20)27-18/h2-7,10-12,15,18-20,27H,8-9,13-14H2,1H3/t18-,19+,20?. The van der Waals surface area contributed by atoms with Gasteiger partial charge in [-0.2, -0.15) is 0 Å². The van der Waals surface area contributed by atoms with Crippen molar-refractivity contribution >= 4 is 11.4 Å². The summed E-state index contributed by atoms with van der Waals surface area (Å²) in [4.78, 5) is 6.77. The molecule has 5 nitrogen and oxygen atoms in total. The van der Waals surface area contributed by atoms with Crippen molar-refractivity contribution < 1.29 is 9.47 Å². The van der Waals surface area contributed by atoms with Crippen molar-refractivity contribution in [3.05, 3.63) is 60.9 Å². The lowest BCUT2D eigenvalue weighted by Gasteiger charge is -2.42. The van der Waals surface area contributed by atoms with E-state index in [1.54, 1.807) is 13.3 Å². The van der Waals surface area contributed by atoms with E-state index in [1.165, 1.54) is 12.8 Å². The lowest BCUT2D eigenvalue weighted by Crippen LogP contribution is -2.47. The molecule has 2 bridgehead atoms. The number of pyridine rings is 1. The van der Waals surface area contributed by atoms with Gasteiger partial charge in [0.25, 0.3) is 0 Å². The molecule has 0 spiro atoms. The first kappa shape index (κ1) is 17.8. The molecular weight excluding hydrogens is 374 g/mol. The molecule has 1 aromatic heterocycles. The summed E-state index contributed by atoms with van der Waals surface area (Å²) >= 11 is 0. The first-order chi connectivity index (χ1) is 14.8. The molecule has 3 aromatic rings. The van der Waals surface area contributed by atoms with Crippen LogP contribution in [0.5, 0.6) is 17.2 Å². The van der Waals surface area contributed by atoms with E-state index in [4.69, 9.17) is 9.47 Å². The number of piperidine rings is 1. The van der Waals surface area contributed by atoms with E-state index in [2.05, 4.69) is 51.6 Å². The predicted octanol–water partition coefficient (Wildman–Crippen LogP) is 5.28. The van der Waals surface area contributed by atoms with Gasteiger partial charge in [-0.1, -0.05) is 18.2 Å². The number of nitrogens with one attached hydrogen (secondary N) is 1. The van der Waals surface area contributed by atoms with Gasteiger partial charge in [0.05, 0.1) is 18.5 Å². The first-order valence-electron chi connectivity index (χ1n) is 10.7. The van der Waals surface area contributed by atoms with Gasteiger partial charge in [0.1, 0.15) is 0 Å². The molecule has 0 radical (unpaired) electrons. The van der Waals surface area contributed by atoms with Gasteiger partial charge in [0.15, 0.2) is 17.2 Å². The SMILES string of the molecule is COc1cccc2c1Oc1cc(-c3cccnc3)ccc1N2C1C[C@H]2CC[C@@H](C1)N2. The van der Waals surface area contributed by atoms with Crippen molar-refractivity contribution in [2.75, 3.05) is 12.0 Å². The molecule has 0 saturated carbocycles. The minimum atomic E-state index is 0.446. The number of ether oxygens (including phenoxy) is 2. The van der Waals surface area contributed by atoms with Crippen LogP contribution in [0.1, 0.15) is 25.7 Å². The minimum Gasteiger partial charge on any atom is -0.493 e. The zero-order valence-corrected chi connectivity index (χ0v) is 17.0. The van der Waals surface area contributed by atoms with Crippen LogP contribution < -0.4 is 19.7 Å². The number of para-hydroxylation sites is 1. The zero-order valence-electron chi connectivity index (χ0n) is 17.0. The molecule has 1 N–H and O–H groups in total. The Hall–Kier alpha value is -3.05. The molecule has 2 fully saturated rings. The van der Waals surface area contributed by atoms with E-state index < -0.39 is 0 Å². The van der Waals surface area contributed by atoms with Gasteiger partial charge in [-0.05, 0) is 61.6 Å². The molecule has 1 unspecified atom stereocenters. The predicted molar refractivity (Wildman–Crippen MR) is 118 cm³/mol. The highest BCUT2D eigenvalue weighted by Crippen LogP contribution is 2.53. The summed E-state index contributed by atoms with van der Waals surface area (Å²) in [5.74, 6) is 2.45. The van der Waals surface area contributed by atoms with Crippen molar-refractivity contribution in [2.24, 2.45) is 0 Å².